The number of thiophene rings is 1. The second kappa shape index (κ2) is 6.04. The van der Waals surface area contributed by atoms with Crippen molar-refractivity contribution in [3.8, 4) is 0 Å². The van der Waals surface area contributed by atoms with Gasteiger partial charge in [-0.3, -0.25) is 4.79 Å². The molecule has 1 amide bonds. The summed E-state index contributed by atoms with van der Waals surface area (Å²) in [7, 11) is -3.66. The van der Waals surface area contributed by atoms with Crippen LogP contribution in [0.25, 0.3) is 0 Å². The van der Waals surface area contributed by atoms with Crippen LogP contribution in [0.1, 0.15) is 20.3 Å². The third-order valence-electron chi connectivity index (χ3n) is 2.18. The average Bonchev–Trinajstić information content (AvgIpc) is 2.58. The minimum Gasteiger partial charge on any atom is -0.320 e. The van der Waals surface area contributed by atoms with E-state index in [1.54, 1.807) is 0 Å². The van der Waals surface area contributed by atoms with Crippen molar-refractivity contribution >= 4 is 27.2 Å². The molecule has 0 radical (unpaired) electrons. The number of carbonyl (C=O) groups is 1. The van der Waals surface area contributed by atoms with Gasteiger partial charge in [-0.25, -0.2) is 13.7 Å². The Balaban J connectivity index is 3.02. The SMILES string of the molecule is CC(C)C[C@H](N)C(=O)N=S(N)(=O)c1cc(F)c(F)s1. The van der Waals surface area contributed by atoms with Gasteiger partial charge in [0.15, 0.2) is 15.7 Å². The molecular weight excluding hydrogens is 296 g/mol. The van der Waals surface area contributed by atoms with Crippen LogP contribution in [0.15, 0.2) is 14.6 Å². The van der Waals surface area contributed by atoms with Crippen LogP contribution in [0.2, 0.25) is 0 Å². The van der Waals surface area contributed by atoms with Crippen molar-refractivity contribution in [1.82, 2.24) is 0 Å². The molecular formula is C10H15F2N3O2S2. The molecule has 108 valence electrons. The standard InChI is InChI=1S/C10H15F2N3O2S2/c1-5(2)3-7(13)10(16)15-19(14,17)8-4-6(11)9(12)18-8/h4-5,7H,3,13H2,1-2H3,(H2,14,15,16,17)/t7-,19?/m0/s1. The lowest BCUT2D eigenvalue weighted by molar-refractivity contribution is -0.119. The van der Waals surface area contributed by atoms with Crippen LogP contribution in [0.3, 0.4) is 0 Å². The first-order valence-electron chi connectivity index (χ1n) is 5.42. The van der Waals surface area contributed by atoms with E-state index in [9.17, 15) is 17.8 Å². The van der Waals surface area contributed by atoms with E-state index in [4.69, 9.17) is 10.9 Å². The maximum Gasteiger partial charge on any atom is 0.271 e. The van der Waals surface area contributed by atoms with Crippen LogP contribution in [-0.2, 0) is 14.7 Å². The molecule has 1 heterocycles. The maximum atomic E-state index is 12.8. The lowest BCUT2D eigenvalue weighted by atomic mass is 10.0. The zero-order valence-electron chi connectivity index (χ0n) is 10.4. The molecule has 9 heteroatoms. The predicted molar refractivity (Wildman–Crippen MR) is 69.7 cm³/mol. The Morgan fingerprint density at radius 1 is 1.53 bits per heavy atom. The summed E-state index contributed by atoms with van der Waals surface area (Å²) in [5.74, 6) is -1.86. The molecule has 0 aliphatic carbocycles. The highest BCUT2D eigenvalue weighted by Gasteiger charge is 2.20. The molecule has 1 unspecified atom stereocenters. The molecule has 0 aliphatic heterocycles. The summed E-state index contributed by atoms with van der Waals surface area (Å²) < 4.78 is 40.6. The van der Waals surface area contributed by atoms with E-state index in [-0.39, 0.29) is 21.5 Å². The highest BCUT2D eigenvalue weighted by Crippen LogP contribution is 2.23. The smallest absolute Gasteiger partial charge is 0.271 e. The summed E-state index contributed by atoms with van der Waals surface area (Å²) in [6.07, 6.45) is 0.352. The van der Waals surface area contributed by atoms with Crippen molar-refractivity contribution in [3.63, 3.8) is 0 Å². The van der Waals surface area contributed by atoms with E-state index >= 15 is 0 Å². The lowest BCUT2D eigenvalue weighted by Crippen LogP contribution is -2.32. The molecule has 0 spiro atoms. The van der Waals surface area contributed by atoms with Gasteiger partial charge >= 0.3 is 0 Å². The van der Waals surface area contributed by atoms with E-state index in [2.05, 4.69) is 4.36 Å². The second-order valence-electron chi connectivity index (χ2n) is 4.42. The highest BCUT2D eigenvalue weighted by molar-refractivity contribution is 7.93. The fourth-order valence-electron chi connectivity index (χ4n) is 1.33. The molecule has 1 aromatic heterocycles. The number of nitrogens with two attached hydrogens (primary N) is 2. The molecule has 0 fully saturated rings. The van der Waals surface area contributed by atoms with Gasteiger partial charge in [0.1, 0.15) is 4.21 Å². The third-order valence-corrected chi connectivity index (χ3v) is 4.98. The van der Waals surface area contributed by atoms with Crippen LogP contribution < -0.4 is 10.9 Å². The van der Waals surface area contributed by atoms with Crippen molar-refractivity contribution in [2.45, 2.75) is 30.5 Å². The molecule has 19 heavy (non-hydrogen) atoms. The number of rotatable bonds is 4. The summed E-state index contributed by atoms with van der Waals surface area (Å²) >= 11 is 0.260. The van der Waals surface area contributed by atoms with Crippen LogP contribution in [0, 0.1) is 16.9 Å². The van der Waals surface area contributed by atoms with Crippen molar-refractivity contribution in [1.29, 1.82) is 0 Å². The number of carbonyl (C=O) groups excluding carboxylic acids is 1. The van der Waals surface area contributed by atoms with Crippen LogP contribution >= 0.6 is 11.3 Å². The number of hydrogen-bond acceptors (Lipinski definition) is 4. The Kier molecular flexibility index (Phi) is 5.13. The summed E-state index contributed by atoms with van der Waals surface area (Å²) in [5.41, 5.74) is 5.57. The molecule has 0 aliphatic rings. The van der Waals surface area contributed by atoms with Gasteiger partial charge in [-0.05, 0) is 12.3 Å². The van der Waals surface area contributed by atoms with Gasteiger partial charge in [-0.1, -0.05) is 25.2 Å². The molecule has 0 saturated heterocycles. The number of halogens is 2. The quantitative estimate of drug-likeness (QED) is 0.884. The largest absolute Gasteiger partial charge is 0.320 e. The summed E-state index contributed by atoms with van der Waals surface area (Å²) in [5, 5.41) is 4.20. The normalized spacial score (nSPS) is 16.2. The van der Waals surface area contributed by atoms with Crippen LogP contribution in [0.5, 0.6) is 0 Å². The molecule has 2 atom stereocenters. The van der Waals surface area contributed by atoms with Crippen LogP contribution in [0.4, 0.5) is 8.78 Å². The fourth-order valence-corrected chi connectivity index (χ4v) is 3.40. The third kappa shape index (κ3) is 4.30. The van der Waals surface area contributed by atoms with Gasteiger partial charge in [0.2, 0.25) is 5.13 Å². The zero-order valence-corrected chi connectivity index (χ0v) is 12.1. The van der Waals surface area contributed by atoms with Crippen molar-refractivity contribution in [2.24, 2.45) is 21.2 Å². The highest BCUT2D eigenvalue weighted by atomic mass is 32.2. The summed E-state index contributed by atoms with van der Waals surface area (Å²) in [4.78, 5) is 11.6. The lowest BCUT2D eigenvalue weighted by Gasteiger charge is -2.10. The zero-order chi connectivity index (χ0) is 14.8. The summed E-state index contributed by atoms with van der Waals surface area (Å²) in [6.45, 7) is 3.72. The van der Waals surface area contributed by atoms with Gasteiger partial charge in [-0.15, -0.1) is 4.36 Å². The molecule has 1 aromatic rings. The van der Waals surface area contributed by atoms with Crippen molar-refractivity contribution in [2.75, 3.05) is 0 Å². The Morgan fingerprint density at radius 2 is 2.11 bits per heavy atom. The Bertz CT molecular complexity index is 572. The molecule has 0 bridgehead atoms. The van der Waals surface area contributed by atoms with Gasteiger partial charge in [0.25, 0.3) is 5.91 Å². The van der Waals surface area contributed by atoms with Gasteiger partial charge in [-0.2, -0.15) is 4.39 Å². The van der Waals surface area contributed by atoms with E-state index in [0.717, 1.165) is 0 Å². The minimum absolute atomic E-state index is 0.152. The van der Waals surface area contributed by atoms with Crippen molar-refractivity contribution < 1.29 is 17.8 Å². The topological polar surface area (TPSA) is 98.5 Å². The predicted octanol–water partition coefficient (Wildman–Crippen LogP) is 1.63. The molecule has 0 aromatic carbocycles. The first kappa shape index (κ1) is 16.2. The number of hydrogen-bond donors (Lipinski definition) is 2. The monoisotopic (exact) mass is 311 g/mol. The fraction of sp³-hybridized carbons (Fsp3) is 0.500. The Hall–Kier alpha value is -0.900. The maximum absolute atomic E-state index is 12.8. The van der Waals surface area contributed by atoms with E-state index in [1.807, 2.05) is 13.8 Å². The first-order chi connectivity index (χ1) is 8.63. The Morgan fingerprint density at radius 3 is 2.53 bits per heavy atom. The second-order valence-corrected chi connectivity index (χ2v) is 7.44. The van der Waals surface area contributed by atoms with Gasteiger partial charge < -0.3 is 5.73 Å². The molecule has 5 nitrogen and oxygen atoms in total. The van der Waals surface area contributed by atoms with E-state index in [1.165, 1.54) is 0 Å². The summed E-state index contributed by atoms with van der Waals surface area (Å²) in [6, 6.07) is -0.258. The molecule has 4 N–H and O–H groups in total. The Labute approximate surface area is 114 Å². The van der Waals surface area contributed by atoms with E-state index < -0.39 is 32.8 Å². The number of amides is 1. The molecule has 0 saturated carbocycles. The van der Waals surface area contributed by atoms with Crippen LogP contribution in [-0.4, -0.2) is 16.2 Å². The van der Waals surface area contributed by atoms with Gasteiger partial charge in [0, 0.05) is 6.07 Å². The van der Waals surface area contributed by atoms with E-state index in [0.29, 0.717) is 12.5 Å². The van der Waals surface area contributed by atoms with Gasteiger partial charge in [0.05, 0.1) is 6.04 Å². The average molecular weight is 311 g/mol. The number of nitrogens with zero attached hydrogens (tertiary/aromatic N) is 1. The minimum atomic E-state index is -3.66. The van der Waals surface area contributed by atoms with Crippen molar-refractivity contribution in [3.05, 3.63) is 17.0 Å². The first-order valence-corrected chi connectivity index (χ1v) is 7.82. The molecule has 1 rings (SSSR count).